The number of carbonyl (C=O) groups excluding carboxylic acids is 2. The number of unbranched alkanes of at least 4 members (excludes halogenated alkanes) is 1. The van der Waals surface area contributed by atoms with Gasteiger partial charge in [-0.1, -0.05) is 33.6 Å². The minimum atomic E-state index is -0.422. The van der Waals surface area contributed by atoms with Gasteiger partial charge in [0.2, 0.25) is 5.91 Å². The minimum absolute atomic E-state index is 0.00808. The third-order valence-corrected chi connectivity index (χ3v) is 5.93. The van der Waals surface area contributed by atoms with Crippen LogP contribution in [0.2, 0.25) is 0 Å². The van der Waals surface area contributed by atoms with E-state index in [0.717, 1.165) is 50.5 Å². The molecule has 2 unspecified atom stereocenters. The van der Waals surface area contributed by atoms with Crippen LogP contribution in [0.1, 0.15) is 73.7 Å². The largest absolute Gasteiger partial charge is 0.365 e. The van der Waals surface area contributed by atoms with Crippen LogP contribution in [-0.4, -0.2) is 11.8 Å². The lowest BCUT2D eigenvalue weighted by Crippen LogP contribution is -2.24. The van der Waals surface area contributed by atoms with Crippen molar-refractivity contribution >= 4 is 28.2 Å². The van der Waals surface area contributed by atoms with Gasteiger partial charge in [0.1, 0.15) is 5.00 Å². The molecule has 3 N–H and O–H groups in total. The first-order valence-electron chi connectivity index (χ1n) is 8.73. The van der Waals surface area contributed by atoms with E-state index in [9.17, 15) is 9.59 Å². The lowest BCUT2D eigenvalue weighted by atomic mass is 9.88. The summed E-state index contributed by atoms with van der Waals surface area (Å²) in [7, 11) is 0. The van der Waals surface area contributed by atoms with Crippen LogP contribution in [-0.2, 0) is 17.6 Å². The van der Waals surface area contributed by atoms with E-state index in [4.69, 9.17) is 5.73 Å². The first-order chi connectivity index (χ1) is 11.0. The number of anilines is 1. The molecule has 0 saturated carbocycles. The Labute approximate surface area is 142 Å². The maximum atomic E-state index is 12.5. The van der Waals surface area contributed by atoms with Gasteiger partial charge in [-0.25, -0.2) is 0 Å². The zero-order chi connectivity index (χ0) is 17.0. The summed E-state index contributed by atoms with van der Waals surface area (Å²) in [4.78, 5) is 25.7. The van der Waals surface area contributed by atoms with Crippen LogP contribution in [0, 0.1) is 11.8 Å². The summed E-state index contributed by atoms with van der Waals surface area (Å²) in [5.74, 6) is 0.233. The van der Waals surface area contributed by atoms with Crippen molar-refractivity contribution in [2.75, 3.05) is 5.32 Å². The first kappa shape index (κ1) is 18.0. The number of carbonyl (C=O) groups is 2. The number of amides is 2. The molecule has 4 nitrogen and oxygen atoms in total. The number of nitrogens with one attached hydrogen (secondary N) is 1. The third-order valence-electron chi connectivity index (χ3n) is 4.76. The SMILES string of the molecule is CCCCC(CC)C(=O)Nc1sc2c(c1C(N)=O)CCC(C)C2. The van der Waals surface area contributed by atoms with Crippen molar-refractivity contribution in [3.63, 3.8) is 0 Å². The highest BCUT2D eigenvalue weighted by molar-refractivity contribution is 7.17. The van der Waals surface area contributed by atoms with Crippen molar-refractivity contribution in [2.45, 2.75) is 65.7 Å². The van der Waals surface area contributed by atoms with Gasteiger partial charge in [0.25, 0.3) is 5.91 Å². The monoisotopic (exact) mass is 336 g/mol. The van der Waals surface area contributed by atoms with Crippen LogP contribution in [0.5, 0.6) is 0 Å². The maximum absolute atomic E-state index is 12.5. The molecule has 0 aromatic carbocycles. The third kappa shape index (κ3) is 4.14. The Morgan fingerprint density at radius 1 is 1.39 bits per heavy atom. The van der Waals surface area contributed by atoms with Gasteiger partial charge >= 0.3 is 0 Å². The van der Waals surface area contributed by atoms with E-state index < -0.39 is 5.91 Å². The highest BCUT2D eigenvalue weighted by Crippen LogP contribution is 2.39. The Hall–Kier alpha value is -1.36. The summed E-state index contributed by atoms with van der Waals surface area (Å²) < 4.78 is 0. The number of primary amides is 1. The number of hydrogen-bond acceptors (Lipinski definition) is 3. The van der Waals surface area contributed by atoms with E-state index in [-0.39, 0.29) is 11.8 Å². The van der Waals surface area contributed by atoms with E-state index in [1.807, 2.05) is 6.92 Å². The van der Waals surface area contributed by atoms with Crippen molar-refractivity contribution in [2.24, 2.45) is 17.6 Å². The number of nitrogens with two attached hydrogens (primary N) is 1. The average Bonchev–Trinajstić information content (AvgIpc) is 2.84. The summed E-state index contributed by atoms with van der Waals surface area (Å²) in [6.07, 6.45) is 6.78. The van der Waals surface area contributed by atoms with Gasteiger partial charge in [-0.2, -0.15) is 0 Å². The molecule has 2 amide bonds. The predicted molar refractivity (Wildman–Crippen MR) is 96.0 cm³/mol. The summed E-state index contributed by atoms with van der Waals surface area (Å²) in [5.41, 5.74) is 7.22. The van der Waals surface area contributed by atoms with Crippen molar-refractivity contribution in [3.8, 4) is 0 Å². The lowest BCUT2D eigenvalue weighted by Gasteiger charge is -2.18. The van der Waals surface area contributed by atoms with Crippen molar-refractivity contribution in [1.29, 1.82) is 0 Å². The predicted octanol–water partition coefficient (Wildman–Crippen LogP) is 4.13. The van der Waals surface area contributed by atoms with Crippen molar-refractivity contribution in [1.82, 2.24) is 0 Å². The first-order valence-corrected chi connectivity index (χ1v) is 9.54. The summed E-state index contributed by atoms with van der Waals surface area (Å²) in [6, 6.07) is 0. The normalized spacial score (nSPS) is 18.3. The van der Waals surface area contributed by atoms with Gasteiger partial charge in [-0.3, -0.25) is 9.59 Å². The van der Waals surface area contributed by atoms with Crippen LogP contribution in [0.3, 0.4) is 0 Å². The van der Waals surface area contributed by atoms with E-state index in [0.29, 0.717) is 16.5 Å². The molecule has 23 heavy (non-hydrogen) atoms. The summed E-state index contributed by atoms with van der Waals surface area (Å²) in [6.45, 7) is 6.39. The molecule has 0 radical (unpaired) electrons. The van der Waals surface area contributed by atoms with Gasteiger partial charge < -0.3 is 11.1 Å². The summed E-state index contributed by atoms with van der Waals surface area (Å²) in [5, 5.41) is 3.67. The second-order valence-corrected chi connectivity index (χ2v) is 7.76. The Morgan fingerprint density at radius 2 is 2.13 bits per heavy atom. The van der Waals surface area contributed by atoms with Crippen LogP contribution in [0.15, 0.2) is 0 Å². The van der Waals surface area contributed by atoms with Crippen LogP contribution < -0.4 is 11.1 Å². The van der Waals surface area contributed by atoms with Gasteiger partial charge in [0.05, 0.1) is 5.56 Å². The number of thiophene rings is 1. The van der Waals surface area contributed by atoms with Crippen molar-refractivity contribution < 1.29 is 9.59 Å². The van der Waals surface area contributed by atoms with E-state index in [1.54, 1.807) is 11.3 Å². The molecule has 2 atom stereocenters. The van der Waals surface area contributed by atoms with Gasteiger partial charge in [-0.15, -0.1) is 11.3 Å². The molecule has 0 fully saturated rings. The molecule has 0 saturated heterocycles. The molecule has 2 rings (SSSR count). The topological polar surface area (TPSA) is 72.2 Å². The van der Waals surface area contributed by atoms with Crippen LogP contribution in [0.4, 0.5) is 5.00 Å². The molecule has 0 bridgehead atoms. The molecule has 0 spiro atoms. The zero-order valence-electron chi connectivity index (χ0n) is 14.4. The number of hydrogen-bond donors (Lipinski definition) is 2. The van der Waals surface area contributed by atoms with E-state index in [2.05, 4.69) is 19.2 Å². The average molecular weight is 337 g/mol. The molecule has 128 valence electrons. The number of fused-ring (bicyclic) bond motifs is 1. The maximum Gasteiger partial charge on any atom is 0.251 e. The fourth-order valence-corrected chi connectivity index (χ4v) is 4.70. The molecule has 0 aliphatic heterocycles. The Balaban J connectivity index is 2.22. The fraction of sp³-hybridized carbons (Fsp3) is 0.667. The standard InChI is InChI=1S/C18H28N2O2S/c1-4-6-7-12(5-2)17(22)20-18-15(16(19)21)13-9-8-11(3)10-14(13)23-18/h11-12H,4-10H2,1-3H3,(H2,19,21)(H,20,22). The van der Waals surface area contributed by atoms with Crippen LogP contribution >= 0.6 is 11.3 Å². The van der Waals surface area contributed by atoms with E-state index >= 15 is 0 Å². The van der Waals surface area contributed by atoms with Gasteiger partial charge in [-0.05, 0) is 43.6 Å². The molecular formula is C18H28N2O2S. The second-order valence-electron chi connectivity index (χ2n) is 6.66. The smallest absolute Gasteiger partial charge is 0.251 e. The molecule has 5 heteroatoms. The highest BCUT2D eigenvalue weighted by Gasteiger charge is 2.28. The zero-order valence-corrected chi connectivity index (χ0v) is 15.2. The van der Waals surface area contributed by atoms with Gasteiger partial charge in [0.15, 0.2) is 0 Å². The molecule has 1 aromatic heterocycles. The van der Waals surface area contributed by atoms with Gasteiger partial charge in [0, 0.05) is 10.8 Å². The molecule has 1 aliphatic rings. The Kier molecular flexibility index (Phi) is 6.22. The minimum Gasteiger partial charge on any atom is -0.365 e. The fourth-order valence-electron chi connectivity index (χ4n) is 3.28. The number of rotatable bonds is 7. The molecule has 1 aromatic rings. The molecule has 1 heterocycles. The Morgan fingerprint density at radius 3 is 2.74 bits per heavy atom. The van der Waals surface area contributed by atoms with E-state index in [1.165, 1.54) is 4.88 Å². The lowest BCUT2D eigenvalue weighted by molar-refractivity contribution is -0.120. The Bertz CT molecular complexity index is 580. The summed E-state index contributed by atoms with van der Waals surface area (Å²) >= 11 is 1.54. The molecule has 1 aliphatic carbocycles. The molecular weight excluding hydrogens is 308 g/mol. The second kappa shape index (κ2) is 7.95. The quantitative estimate of drug-likeness (QED) is 0.786. The van der Waals surface area contributed by atoms with Crippen molar-refractivity contribution in [3.05, 3.63) is 16.0 Å². The van der Waals surface area contributed by atoms with Crippen LogP contribution in [0.25, 0.3) is 0 Å². The highest BCUT2D eigenvalue weighted by atomic mass is 32.1.